The molecule has 39 heavy (non-hydrogen) atoms. The van der Waals surface area contributed by atoms with Gasteiger partial charge in [0.1, 0.15) is 36.3 Å². The van der Waals surface area contributed by atoms with Gasteiger partial charge >= 0.3 is 0 Å². The Balaban J connectivity index is 1.27. The largest absolute Gasteiger partial charge is 0.492 e. The first-order chi connectivity index (χ1) is 19.1. The first kappa shape index (κ1) is 26.3. The summed E-state index contributed by atoms with van der Waals surface area (Å²) in [6.07, 6.45) is 8.82. The highest BCUT2D eigenvalue weighted by Crippen LogP contribution is 2.46. The van der Waals surface area contributed by atoms with Crippen LogP contribution >= 0.6 is 11.6 Å². The zero-order chi connectivity index (χ0) is 26.6. The van der Waals surface area contributed by atoms with Crippen molar-refractivity contribution in [3.63, 3.8) is 0 Å². The Morgan fingerprint density at radius 2 is 1.95 bits per heavy atom. The van der Waals surface area contributed by atoms with Crippen molar-refractivity contribution in [2.24, 2.45) is 0 Å². The Bertz CT molecular complexity index is 1230. The number of allylic oxidation sites excluding steroid dienone is 1. The molecule has 6 rings (SSSR count). The highest BCUT2D eigenvalue weighted by atomic mass is 35.5. The van der Waals surface area contributed by atoms with Crippen molar-refractivity contribution >= 4 is 29.2 Å². The van der Waals surface area contributed by atoms with E-state index in [9.17, 15) is 0 Å². The smallest absolute Gasteiger partial charge is 0.231 e. The van der Waals surface area contributed by atoms with Crippen molar-refractivity contribution < 1.29 is 23.7 Å². The Hall–Kier alpha value is -2.89. The van der Waals surface area contributed by atoms with Gasteiger partial charge in [0.05, 0.1) is 22.4 Å². The molecule has 1 N–H and O–H groups in total. The number of nitrogens with zero attached hydrogens (tertiary/aromatic N) is 4. The lowest BCUT2D eigenvalue weighted by molar-refractivity contribution is -0.0545. The van der Waals surface area contributed by atoms with Crippen molar-refractivity contribution in [3.8, 4) is 11.5 Å². The van der Waals surface area contributed by atoms with Gasteiger partial charge in [0.2, 0.25) is 6.79 Å². The molecule has 0 unspecified atom stereocenters. The minimum Gasteiger partial charge on any atom is -0.492 e. The molecule has 11 heteroatoms. The van der Waals surface area contributed by atoms with E-state index in [4.69, 9.17) is 35.3 Å². The van der Waals surface area contributed by atoms with E-state index >= 15 is 0 Å². The third-order valence-corrected chi connectivity index (χ3v) is 7.74. The summed E-state index contributed by atoms with van der Waals surface area (Å²) in [4.78, 5) is 14.0. The first-order valence-electron chi connectivity index (χ1n) is 13.5. The Labute approximate surface area is 233 Å². The van der Waals surface area contributed by atoms with Gasteiger partial charge in [-0.1, -0.05) is 11.6 Å². The molecule has 2 fully saturated rings. The summed E-state index contributed by atoms with van der Waals surface area (Å²) >= 11 is 6.58. The number of piperazine rings is 1. The molecular formula is C28H34ClN5O5. The Morgan fingerprint density at radius 1 is 1.10 bits per heavy atom. The van der Waals surface area contributed by atoms with Crippen LogP contribution < -0.4 is 14.8 Å². The van der Waals surface area contributed by atoms with Gasteiger partial charge < -0.3 is 33.9 Å². The summed E-state index contributed by atoms with van der Waals surface area (Å²) in [5.41, 5.74) is 2.13. The van der Waals surface area contributed by atoms with Crippen molar-refractivity contribution in [2.45, 2.75) is 25.0 Å². The lowest BCUT2D eigenvalue weighted by Gasteiger charge is -2.32. The maximum Gasteiger partial charge on any atom is 0.231 e. The molecule has 3 aliphatic heterocycles. The number of likely N-dealkylation sites (N-methyl/N-ethyl adjacent to an activating group) is 1. The number of hydrogen-bond donors (Lipinski definition) is 1. The van der Waals surface area contributed by atoms with Gasteiger partial charge in [-0.15, -0.1) is 0 Å². The molecule has 208 valence electrons. The van der Waals surface area contributed by atoms with E-state index < -0.39 is 6.10 Å². The summed E-state index contributed by atoms with van der Waals surface area (Å²) < 4.78 is 29.7. The quantitative estimate of drug-likeness (QED) is 0.515. The molecule has 4 aliphatic rings. The molecule has 0 amide bonds. The molecule has 1 aromatic carbocycles. The number of ether oxygens (including phenoxy) is 5. The van der Waals surface area contributed by atoms with E-state index in [1.165, 1.54) is 6.33 Å². The monoisotopic (exact) mass is 555 g/mol. The molecule has 2 saturated heterocycles. The Morgan fingerprint density at radius 3 is 2.79 bits per heavy atom. The van der Waals surface area contributed by atoms with Crippen LogP contribution in [0.3, 0.4) is 0 Å². The normalized spacial score (nSPS) is 21.8. The predicted octanol–water partition coefficient (Wildman–Crippen LogP) is 4.01. The van der Waals surface area contributed by atoms with Crippen molar-refractivity contribution in [1.29, 1.82) is 0 Å². The van der Waals surface area contributed by atoms with Crippen LogP contribution in [-0.4, -0.2) is 92.3 Å². The van der Waals surface area contributed by atoms with Crippen molar-refractivity contribution in [3.05, 3.63) is 52.7 Å². The standard InChI is InChI=1S/C28H34ClN5O5/c1-33-8-10-34(11-9-33)12-15-36-20-2-4-23(39-19-6-13-35-14-7-19)25-22(16-20)30-17-31-28(25)32-26-21(29)3-5-24-27(26)38-18-37-24/h2-5,16-17,19,23H,6-15,18H2,1H3,(H,30,31,32)/t23-/m0/s1. The molecule has 4 heterocycles. The van der Waals surface area contributed by atoms with Crippen LogP contribution in [0, 0.1) is 0 Å². The average Bonchev–Trinajstić information content (AvgIpc) is 3.36. The molecule has 1 atom stereocenters. The van der Waals surface area contributed by atoms with Gasteiger partial charge in [-0.25, -0.2) is 9.97 Å². The molecule has 1 aliphatic carbocycles. The second-order valence-corrected chi connectivity index (χ2v) is 10.5. The SMILES string of the molecule is CN1CCN(CCOC2=Cc3ncnc(Nc4c(Cl)ccc5c4OCO5)c3[C@@H](OC3CCOCC3)C=C2)CC1. The van der Waals surface area contributed by atoms with E-state index in [1.54, 1.807) is 12.1 Å². The number of rotatable bonds is 8. The van der Waals surface area contributed by atoms with Gasteiger partial charge in [-0.05, 0) is 44.2 Å². The number of aromatic nitrogens is 2. The lowest BCUT2D eigenvalue weighted by Crippen LogP contribution is -2.45. The minimum absolute atomic E-state index is 0.0651. The zero-order valence-corrected chi connectivity index (χ0v) is 22.9. The van der Waals surface area contributed by atoms with Crippen LogP contribution in [0.15, 0.2) is 36.4 Å². The molecule has 2 aromatic rings. The zero-order valence-electron chi connectivity index (χ0n) is 22.1. The summed E-state index contributed by atoms with van der Waals surface area (Å²) in [6, 6.07) is 3.57. The van der Waals surface area contributed by atoms with E-state index in [2.05, 4.69) is 32.1 Å². The topological polar surface area (TPSA) is 90.4 Å². The molecule has 10 nitrogen and oxygen atoms in total. The van der Waals surface area contributed by atoms with E-state index in [0.717, 1.165) is 62.6 Å². The summed E-state index contributed by atoms with van der Waals surface area (Å²) in [5.74, 6) is 2.52. The van der Waals surface area contributed by atoms with Crippen LogP contribution in [0.4, 0.5) is 11.5 Å². The number of hydrogen-bond acceptors (Lipinski definition) is 10. The van der Waals surface area contributed by atoms with Crippen LogP contribution in [0.25, 0.3) is 6.08 Å². The molecule has 1 aromatic heterocycles. The molecule has 0 saturated carbocycles. The van der Waals surface area contributed by atoms with Crippen LogP contribution in [-0.2, 0) is 14.2 Å². The highest BCUT2D eigenvalue weighted by Gasteiger charge is 2.28. The Kier molecular flexibility index (Phi) is 8.17. The third-order valence-electron chi connectivity index (χ3n) is 7.42. The van der Waals surface area contributed by atoms with Gasteiger partial charge in [0, 0.05) is 52.0 Å². The second-order valence-electron chi connectivity index (χ2n) is 10.1. The van der Waals surface area contributed by atoms with Gasteiger partial charge in [0.25, 0.3) is 0 Å². The molecule has 0 spiro atoms. The fourth-order valence-electron chi connectivity index (χ4n) is 5.14. The van der Waals surface area contributed by atoms with E-state index in [1.807, 2.05) is 18.2 Å². The summed E-state index contributed by atoms with van der Waals surface area (Å²) in [7, 11) is 2.16. The number of fused-ring (bicyclic) bond motifs is 2. The van der Waals surface area contributed by atoms with Gasteiger partial charge in [0.15, 0.2) is 11.5 Å². The van der Waals surface area contributed by atoms with Gasteiger partial charge in [-0.2, -0.15) is 0 Å². The summed E-state index contributed by atoms with van der Waals surface area (Å²) in [5, 5.41) is 3.89. The van der Waals surface area contributed by atoms with Crippen LogP contribution in [0.5, 0.6) is 11.5 Å². The maximum atomic E-state index is 6.62. The van der Waals surface area contributed by atoms with Gasteiger partial charge in [-0.3, -0.25) is 4.90 Å². The number of halogens is 1. The summed E-state index contributed by atoms with van der Waals surface area (Å²) in [6.45, 7) is 7.27. The fraction of sp³-hybridized carbons (Fsp3) is 0.500. The van der Waals surface area contributed by atoms with E-state index in [-0.39, 0.29) is 12.9 Å². The van der Waals surface area contributed by atoms with E-state index in [0.29, 0.717) is 47.8 Å². The lowest BCUT2D eigenvalue weighted by atomic mass is 10.1. The molecule has 0 radical (unpaired) electrons. The number of nitrogens with one attached hydrogen (secondary N) is 1. The average molecular weight is 556 g/mol. The highest BCUT2D eigenvalue weighted by molar-refractivity contribution is 6.33. The van der Waals surface area contributed by atoms with Crippen molar-refractivity contribution in [2.75, 3.05) is 71.7 Å². The molecular weight excluding hydrogens is 522 g/mol. The second kappa shape index (κ2) is 12.1. The number of benzene rings is 1. The predicted molar refractivity (Wildman–Crippen MR) is 148 cm³/mol. The maximum absolute atomic E-state index is 6.62. The fourth-order valence-corrected chi connectivity index (χ4v) is 5.33. The molecule has 0 bridgehead atoms. The number of anilines is 2. The third kappa shape index (κ3) is 6.15. The first-order valence-corrected chi connectivity index (χ1v) is 13.9. The van der Waals surface area contributed by atoms with Crippen LogP contribution in [0.1, 0.15) is 30.2 Å². The minimum atomic E-state index is -0.394. The van der Waals surface area contributed by atoms with Crippen molar-refractivity contribution in [1.82, 2.24) is 19.8 Å². The van der Waals surface area contributed by atoms with Crippen LogP contribution in [0.2, 0.25) is 5.02 Å².